The van der Waals surface area contributed by atoms with Crippen molar-refractivity contribution in [2.45, 2.75) is 20.8 Å². The average molecular weight is 234 g/mol. The minimum absolute atomic E-state index is 0.397. The SMILES string of the molecule is COc1cc(N2CC(C(C)(C)C)C2)ccc1N. The van der Waals surface area contributed by atoms with Crippen LogP contribution >= 0.6 is 0 Å². The van der Waals surface area contributed by atoms with E-state index in [4.69, 9.17) is 10.5 Å². The number of methoxy groups -OCH3 is 1. The van der Waals surface area contributed by atoms with Gasteiger partial charge in [0.1, 0.15) is 5.75 Å². The predicted octanol–water partition coefficient (Wildman–Crippen LogP) is 2.76. The predicted molar refractivity (Wildman–Crippen MR) is 72.6 cm³/mol. The highest BCUT2D eigenvalue weighted by Gasteiger charge is 2.35. The van der Waals surface area contributed by atoms with Gasteiger partial charge < -0.3 is 15.4 Å². The van der Waals surface area contributed by atoms with Crippen LogP contribution in [0, 0.1) is 11.3 Å². The molecule has 94 valence electrons. The summed E-state index contributed by atoms with van der Waals surface area (Å²) < 4.78 is 5.25. The summed E-state index contributed by atoms with van der Waals surface area (Å²) in [4.78, 5) is 2.37. The molecule has 0 saturated carbocycles. The number of nitrogens with two attached hydrogens (primary N) is 1. The highest BCUT2D eigenvalue weighted by Crippen LogP contribution is 2.38. The van der Waals surface area contributed by atoms with Crippen LogP contribution in [0.4, 0.5) is 11.4 Å². The van der Waals surface area contributed by atoms with Crippen molar-refractivity contribution >= 4 is 11.4 Å². The maximum Gasteiger partial charge on any atom is 0.143 e. The monoisotopic (exact) mass is 234 g/mol. The van der Waals surface area contributed by atoms with Crippen LogP contribution in [0.15, 0.2) is 18.2 Å². The van der Waals surface area contributed by atoms with Crippen LogP contribution in [0.2, 0.25) is 0 Å². The zero-order chi connectivity index (χ0) is 12.6. The normalized spacial score (nSPS) is 16.8. The highest BCUT2D eigenvalue weighted by molar-refractivity contribution is 5.63. The summed E-state index contributed by atoms with van der Waals surface area (Å²) in [5, 5.41) is 0. The van der Waals surface area contributed by atoms with Crippen LogP contribution in [0.3, 0.4) is 0 Å². The molecule has 0 spiro atoms. The molecule has 1 aliphatic heterocycles. The zero-order valence-electron chi connectivity index (χ0n) is 11.2. The van der Waals surface area contributed by atoms with Crippen molar-refractivity contribution in [3.8, 4) is 5.75 Å². The van der Waals surface area contributed by atoms with Gasteiger partial charge in [0.05, 0.1) is 12.8 Å². The van der Waals surface area contributed by atoms with Crippen molar-refractivity contribution in [1.29, 1.82) is 0 Å². The Kier molecular flexibility index (Phi) is 2.94. The molecule has 2 N–H and O–H groups in total. The number of nitrogen functional groups attached to an aromatic ring is 1. The molecular weight excluding hydrogens is 212 g/mol. The second kappa shape index (κ2) is 4.13. The van der Waals surface area contributed by atoms with Crippen molar-refractivity contribution < 1.29 is 4.74 Å². The second-order valence-corrected chi connectivity index (χ2v) is 5.89. The van der Waals surface area contributed by atoms with E-state index in [1.54, 1.807) is 7.11 Å². The zero-order valence-corrected chi connectivity index (χ0v) is 11.2. The van der Waals surface area contributed by atoms with Crippen molar-refractivity contribution in [3.05, 3.63) is 18.2 Å². The Morgan fingerprint density at radius 3 is 2.47 bits per heavy atom. The summed E-state index contributed by atoms with van der Waals surface area (Å²) in [6, 6.07) is 6.00. The molecule has 2 rings (SSSR count). The van der Waals surface area contributed by atoms with E-state index in [2.05, 4.69) is 31.7 Å². The summed E-state index contributed by atoms with van der Waals surface area (Å²) in [7, 11) is 1.66. The first-order valence-corrected chi connectivity index (χ1v) is 6.10. The van der Waals surface area contributed by atoms with Crippen molar-refractivity contribution in [2.24, 2.45) is 11.3 Å². The van der Waals surface area contributed by atoms with Gasteiger partial charge in [0.15, 0.2) is 0 Å². The van der Waals surface area contributed by atoms with E-state index in [9.17, 15) is 0 Å². The highest BCUT2D eigenvalue weighted by atomic mass is 16.5. The number of anilines is 2. The largest absolute Gasteiger partial charge is 0.495 e. The van der Waals surface area contributed by atoms with Gasteiger partial charge in [0.25, 0.3) is 0 Å². The summed E-state index contributed by atoms with van der Waals surface area (Å²) in [6.45, 7) is 9.16. The molecule has 0 bridgehead atoms. The first-order chi connectivity index (χ1) is 7.91. The van der Waals surface area contributed by atoms with Crippen LogP contribution in [0.5, 0.6) is 5.75 Å². The molecule has 17 heavy (non-hydrogen) atoms. The van der Waals surface area contributed by atoms with Gasteiger partial charge in [-0.1, -0.05) is 20.8 Å². The van der Waals surface area contributed by atoms with Crippen molar-refractivity contribution in [2.75, 3.05) is 30.8 Å². The summed E-state index contributed by atoms with van der Waals surface area (Å²) in [6.07, 6.45) is 0. The molecule has 0 aliphatic carbocycles. The van der Waals surface area contributed by atoms with E-state index >= 15 is 0 Å². The molecular formula is C14H22N2O. The van der Waals surface area contributed by atoms with E-state index in [1.807, 2.05) is 12.1 Å². The lowest BCUT2D eigenvalue weighted by atomic mass is 9.76. The number of hydrogen-bond acceptors (Lipinski definition) is 3. The topological polar surface area (TPSA) is 38.5 Å². The molecule has 0 radical (unpaired) electrons. The fraction of sp³-hybridized carbons (Fsp3) is 0.571. The minimum atomic E-state index is 0.397. The van der Waals surface area contributed by atoms with Gasteiger partial charge in [0, 0.05) is 24.8 Å². The van der Waals surface area contributed by atoms with Crippen LogP contribution < -0.4 is 15.4 Å². The number of nitrogens with zero attached hydrogens (tertiary/aromatic N) is 1. The van der Waals surface area contributed by atoms with Gasteiger partial charge in [-0.3, -0.25) is 0 Å². The molecule has 1 fully saturated rings. The summed E-state index contributed by atoms with van der Waals surface area (Å²) in [5.41, 5.74) is 8.11. The Bertz CT molecular complexity index is 403. The lowest BCUT2D eigenvalue weighted by Gasteiger charge is -2.47. The smallest absolute Gasteiger partial charge is 0.143 e. The maximum atomic E-state index is 5.81. The van der Waals surface area contributed by atoms with Crippen molar-refractivity contribution in [1.82, 2.24) is 0 Å². The lowest BCUT2D eigenvalue weighted by Crippen LogP contribution is -2.52. The van der Waals surface area contributed by atoms with E-state index in [1.165, 1.54) is 5.69 Å². The Labute approximate surface area is 104 Å². The molecule has 0 aromatic heterocycles. The van der Waals surface area contributed by atoms with E-state index in [-0.39, 0.29) is 0 Å². The second-order valence-electron chi connectivity index (χ2n) is 5.89. The lowest BCUT2D eigenvalue weighted by molar-refractivity contribution is 0.195. The quantitative estimate of drug-likeness (QED) is 0.800. The first-order valence-electron chi connectivity index (χ1n) is 6.10. The van der Waals surface area contributed by atoms with Gasteiger partial charge in [-0.25, -0.2) is 0 Å². The molecule has 0 unspecified atom stereocenters. The Hall–Kier alpha value is -1.38. The van der Waals surface area contributed by atoms with Gasteiger partial charge >= 0.3 is 0 Å². The third kappa shape index (κ3) is 2.33. The third-order valence-corrected chi connectivity index (χ3v) is 3.69. The van der Waals surface area contributed by atoms with E-state index < -0.39 is 0 Å². The van der Waals surface area contributed by atoms with Crippen LogP contribution in [0.25, 0.3) is 0 Å². The fourth-order valence-corrected chi connectivity index (χ4v) is 2.13. The van der Waals surface area contributed by atoms with E-state index in [0.29, 0.717) is 11.1 Å². The molecule has 3 heteroatoms. The Balaban J connectivity index is 2.07. The number of rotatable bonds is 2. The molecule has 1 heterocycles. The molecule has 1 saturated heterocycles. The van der Waals surface area contributed by atoms with Crippen LogP contribution in [-0.4, -0.2) is 20.2 Å². The maximum absolute atomic E-state index is 5.81. The summed E-state index contributed by atoms with van der Waals surface area (Å²) in [5.74, 6) is 1.53. The van der Waals surface area contributed by atoms with Gasteiger partial charge in [-0.15, -0.1) is 0 Å². The molecule has 1 aromatic carbocycles. The molecule has 1 aliphatic rings. The third-order valence-electron chi connectivity index (χ3n) is 3.69. The van der Waals surface area contributed by atoms with Gasteiger partial charge in [0.2, 0.25) is 0 Å². The standard InChI is InChI=1S/C14H22N2O/c1-14(2,3)10-8-16(9-10)11-5-6-12(15)13(7-11)17-4/h5-7,10H,8-9,15H2,1-4H3. The first kappa shape index (κ1) is 12.1. The van der Waals surface area contributed by atoms with Crippen LogP contribution in [0.1, 0.15) is 20.8 Å². The molecule has 0 atom stereocenters. The van der Waals surface area contributed by atoms with Gasteiger partial charge in [-0.2, -0.15) is 0 Å². The van der Waals surface area contributed by atoms with E-state index in [0.717, 1.165) is 24.8 Å². The Morgan fingerprint density at radius 1 is 1.29 bits per heavy atom. The Morgan fingerprint density at radius 2 is 1.94 bits per heavy atom. The fourth-order valence-electron chi connectivity index (χ4n) is 2.13. The molecule has 1 aromatic rings. The number of benzene rings is 1. The van der Waals surface area contributed by atoms with Crippen molar-refractivity contribution in [3.63, 3.8) is 0 Å². The average Bonchev–Trinajstić information content (AvgIpc) is 2.16. The number of hydrogen-bond donors (Lipinski definition) is 1. The van der Waals surface area contributed by atoms with Crippen LogP contribution in [-0.2, 0) is 0 Å². The molecule has 3 nitrogen and oxygen atoms in total. The summed E-state index contributed by atoms with van der Waals surface area (Å²) >= 11 is 0. The number of ether oxygens (including phenoxy) is 1. The minimum Gasteiger partial charge on any atom is -0.495 e. The molecule has 0 amide bonds. The van der Waals surface area contributed by atoms with Gasteiger partial charge in [-0.05, 0) is 23.5 Å².